The molecule has 2 heterocycles. The Hall–Kier alpha value is -1.10. The van der Waals surface area contributed by atoms with E-state index >= 15 is 0 Å². The first-order valence-corrected chi connectivity index (χ1v) is 7.02. The maximum absolute atomic E-state index is 12.3. The quantitative estimate of drug-likeness (QED) is 0.765. The highest BCUT2D eigenvalue weighted by Gasteiger charge is 2.28. The summed E-state index contributed by atoms with van der Waals surface area (Å²) in [5.74, 6) is 0.418. The number of carbonyl (C=O) groups is 2. The van der Waals surface area contributed by atoms with Gasteiger partial charge in [-0.05, 0) is 25.8 Å². The van der Waals surface area contributed by atoms with E-state index in [-0.39, 0.29) is 17.9 Å². The molecule has 0 aromatic carbocycles. The van der Waals surface area contributed by atoms with Crippen LogP contribution in [0.3, 0.4) is 0 Å². The Labute approximate surface area is 108 Å². The molecule has 2 fully saturated rings. The molecule has 102 valence electrons. The van der Waals surface area contributed by atoms with Crippen molar-refractivity contribution >= 4 is 11.8 Å². The summed E-state index contributed by atoms with van der Waals surface area (Å²) in [5.41, 5.74) is 0. The van der Waals surface area contributed by atoms with Crippen LogP contribution in [0, 0.1) is 0 Å². The van der Waals surface area contributed by atoms with Gasteiger partial charge >= 0.3 is 0 Å². The molecule has 0 aliphatic carbocycles. The van der Waals surface area contributed by atoms with Crippen LogP contribution in [-0.2, 0) is 9.59 Å². The van der Waals surface area contributed by atoms with Gasteiger partial charge in [0.05, 0.1) is 6.04 Å². The Balaban J connectivity index is 1.88. The van der Waals surface area contributed by atoms with Crippen molar-refractivity contribution in [2.24, 2.45) is 0 Å². The Kier molecular flexibility index (Phi) is 4.58. The van der Waals surface area contributed by atoms with Crippen LogP contribution in [0.25, 0.3) is 0 Å². The van der Waals surface area contributed by atoms with Gasteiger partial charge in [0.1, 0.15) is 0 Å². The molecule has 0 spiro atoms. The van der Waals surface area contributed by atoms with Gasteiger partial charge in [0.25, 0.3) is 0 Å². The Morgan fingerprint density at radius 2 is 1.83 bits per heavy atom. The molecule has 1 atom stereocenters. The lowest BCUT2D eigenvalue weighted by Gasteiger charge is -2.24. The molecule has 1 N–H and O–H groups in total. The van der Waals surface area contributed by atoms with Crippen molar-refractivity contribution in [3.8, 4) is 0 Å². The molecule has 2 amide bonds. The molecule has 0 bridgehead atoms. The smallest absolute Gasteiger partial charge is 0.239 e. The molecule has 2 aliphatic rings. The van der Waals surface area contributed by atoms with E-state index in [4.69, 9.17) is 0 Å². The first kappa shape index (κ1) is 13.3. The highest BCUT2D eigenvalue weighted by molar-refractivity contribution is 5.82. The monoisotopic (exact) mass is 253 g/mol. The van der Waals surface area contributed by atoms with Crippen LogP contribution < -0.4 is 5.32 Å². The summed E-state index contributed by atoms with van der Waals surface area (Å²) in [7, 11) is 0. The molecular formula is C13H23N3O2. The van der Waals surface area contributed by atoms with Crippen molar-refractivity contribution < 1.29 is 9.59 Å². The molecule has 5 nitrogen and oxygen atoms in total. The van der Waals surface area contributed by atoms with Gasteiger partial charge < -0.3 is 15.1 Å². The van der Waals surface area contributed by atoms with Crippen LogP contribution in [0.15, 0.2) is 0 Å². The average Bonchev–Trinajstić information content (AvgIpc) is 2.81. The molecule has 0 aromatic rings. The SMILES string of the molecule is CCC(=O)N1CCCN(C(=O)[C@H]2CCCN2)CC1. The van der Waals surface area contributed by atoms with E-state index in [1.54, 1.807) is 0 Å². The number of rotatable bonds is 2. The maximum atomic E-state index is 12.3. The Bertz CT molecular complexity index is 313. The summed E-state index contributed by atoms with van der Waals surface area (Å²) < 4.78 is 0. The standard InChI is InChI=1S/C13H23N3O2/c1-2-12(17)15-7-4-8-16(10-9-15)13(18)11-5-3-6-14-11/h11,14H,2-10H2,1H3/t11-/m1/s1. The number of hydrogen-bond acceptors (Lipinski definition) is 3. The molecule has 2 rings (SSSR count). The first-order valence-electron chi connectivity index (χ1n) is 7.02. The molecule has 5 heteroatoms. The van der Waals surface area contributed by atoms with Gasteiger partial charge in [-0.25, -0.2) is 0 Å². The fraction of sp³-hybridized carbons (Fsp3) is 0.846. The van der Waals surface area contributed by atoms with Crippen LogP contribution in [0.4, 0.5) is 0 Å². The van der Waals surface area contributed by atoms with Gasteiger partial charge in [-0.1, -0.05) is 6.92 Å². The third-order valence-corrected chi connectivity index (χ3v) is 3.82. The van der Waals surface area contributed by atoms with Crippen molar-refractivity contribution in [2.45, 2.75) is 38.6 Å². The molecule has 0 unspecified atom stereocenters. The molecule has 0 radical (unpaired) electrons. The van der Waals surface area contributed by atoms with Crippen LogP contribution >= 0.6 is 0 Å². The summed E-state index contributed by atoms with van der Waals surface area (Å²) >= 11 is 0. The van der Waals surface area contributed by atoms with E-state index in [9.17, 15) is 9.59 Å². The fourth-order valence-corrected chi connectivity index (χ4v) is 2.73. The summed E-state index contributed by atoms with van der Waals surface area (Å²) in [6.45, 7) is 5.77. The molecule has 18 heavy (non-hydrogen) atoms. The van der Waals surface area contributed by atoms with Crippen LogP contribution in [0.1, 0.15) is 32.6 Å². The second-order valence-corrected chi connectivity index (χ2v) is 5.06. The second kappa shape index (κ2) is 6.18. The van der Waals surface area contributed by atoms with Crippen molar-refractivity contribution in [3.63, 3.8) is 0 Å². The van der Waals surface area contributed by atoms with Gasteiger partial charge in [0.15, 0.2) is 0 Å². The second-order valence-electron chi connectivity index (χ2n) is 5.06. The molecule has 2 saturated heterocycles. The van der Waals surface area contributed by atoms with E-state index in [2.05, 4.69) is 5.32 Å². The van der Waals surface area contributed by atoms with E-state index in [0.29, 0.717) is 19.5 Å². The van der Waals surface area contributed by atoms with E-state index in [1.165, 1.54) is 0 Å². The van der Waals surface area contributed by atoms with Gasteiger partial charge in [-0.2, -0.15) is 0 Å². The largest absolute Gasteiger partial charge is 0.341 e. The zero-order chi connectivity index (χ0) is 13.0. The van der Waals surface area contributed by atoms with Gasteiger partial charge in [-0.15, -0.1) is 0 Å². The minimum atomic E-state index is 0.0124. The number of hydrogen-bond donors (Lipinski definition) is 1. The number of nitrogens with one attached hydrogen (secondary N) is 1. The van der Waals surface area contributed by atoms with Crippen molar-refractivity contribution in [3.05, 3.63) is 0 Å². The predicted octanol–water partition coefficient (Wildman–Crippen LogP) is 0.209. The zero-order valence-corrected chi connectivity index (χ0v) is 11.2. The minimum absolute atomic E-state index is 0.0124. The number of carbonyl (C=O) groups excluding carboxylic acids is 2. The van der Waals surface area contributed by atoms with Crippen LogP contribution in [0.5, 0.6) is 0 Å². The highest BCUT2D eigenvalue weighted by atomic mass is 16.2. The number of nitrogens with zero attached hydrogens (tertiary/aromatic N) is 2. The minimum Gasteiger partial charge on any atom is -0.341 e. The lowest BCUT2D eigenvalue weighted by Crippen LogP contribution is -2.45. The summed E-state index contributed by atoms with van der Waals surface area (Å²) in [4.78, 5) is 27.7. The van der Waals surface area contributed by atoms with Gasteiger partial charge in [0.2, 0.25) is 11.8 Å². The summed E-state index contributed by atoms with van der Waals surface area (Å²) in [5, 5.41) is 3.25. The Morgan fingerprint density at radius 1 is 1.11 bits per heavy atom. The molecule has 2 aliphatic heterocycles. The Morgan fingerprint density at radius 3 is 2.50 bits per heavy atom. The summed E-state index contributed by atoms with van der Waals surface area (Å²) in [6.07, 6.45) is 3.49. The molecule has 0 aromatic heterocycles. The lowest BCUT2D eigenvalue weighted by atomic mass is 10.2. The average molecular weight is 253 g/mol. The van der Waals surface area contributed by atoms with E-state index in [1.807, 2.05) is 16.7 Å². The predicted molar refractivity (Wildman–Crippen MR) is 69.1 cm³/mol. The third kappa shape index (κ3) is 3.02. The van der Waals surface area contributed by atoms with E-state index in [0.717, 1.165) is 38.9 Å². The van der Waals surface area contributed by atoms with Crippen LogP contribution in [-0.4, -0.2) is 60.4 Å². The van der Waals surface area contributed by atoms with Crippen molar-refractivity contribution in [1.29, 1.82) is 0 Å². The van der Waals surface area contributed by atoms with E-state index < -0.39 is 0 Å². The molecular weight excluding hydrogens is 230 g/mol. The van der Waals surface area contributed by atoms with Crippen LogP contribution in [0.2, 0.25) is 0 Å². The topological polar surface area (TPSA) is 52.7 Å². The lowest BCUT2D eigenvalue weighted by molar-refractivity contribution is -0.134. The summed E-state index contributed by atoms with van der Waals surface area (Å²) in [6, 6.07) is 0.0124. The third-order valence-electron chi connectivity index (χ3n) is 3.82. The van der Waals surface area contributed by atoms with Gasteiger partial charge in [-0.3, -0.25) is 9.59 Å². The highest BCUT2D eigenvalue weighted by Crippen LogP contribution is 2.11. The normalized spacial score (nSPS) is 25.1. The van der Waals surface area contributed by atoms with Crippen molar-refractivity contribution in [1.82, 2.24) is 15.1 Å². The first-order chi connectivity index (χ1) is 8.72. The van der Waals surface area contributed by atoms with Crippen molar-refractivity contribution in [2.75, 3.05) is 32.7 Å². The maximum Gasteiger partial charge on any atom is 0.239 e. The molecule has 0 saturated carbocycles. The van der Waals surface area contributed by atoms with Gasteiger partial charge in [0, 0.05) is 32.6 Å². The zero-order valence-electron chi connectivity index (χ0n) is 11.2. The fourth-order valence-electron chi connectivity index (χ4n) is 2.73. The number of amides is 2.